The number of pyridine rings is 1. The number of nitrogens with two attached hydrogens (primary N) is 1. The van der Waals surface area contributed by atoms with Crippen LogP contribution in [0.1, 0.15) is 25.7 Å². The zero-order valence-corrected chi connectivity index (χ0v) is 14.8. The Bertz CT molecular complexity index is 648. The molecule has 1 atom stereocenters. The fourth-order valence-electron chi connectivity index (χ4n) is 3.82. The van der Waals surface area contributed by atoms with Gasteiger partial charge in [-0.1, -0.05) is 0 Å². The molecule has 1 aromatic rings. The van der Waals surface area contributed by atoms with Crippen LogP contribution in [0.3, 0.4) is 0 Å². The highest BCUT2D eigenvalue weighted by Crippen LogP contribution is 2.37. The summed E-state index contributed by atoms with van der Waals surface area (Å²) in [4.78, 5) is 30.6. The predicted molar refractivity (Wildman–Crippen MR) is 92.7 cm³/mol. The van der Waals surface area contributed by atoms with Crippen molar-refractivity contribution >= 4 is 33.2 Å². The predicted octanol–water partition coefficient (Wildman–Crippen LogP) is 1.67. The second-order valence-electron chi connectivity index (χ2n) is 6.26. The number of anilines is 1. The van der Waals surface area contributed by atoms with Gasteiger partial charge < -0.3 is 10.6 Å². The molecule has 1 amide bonds. The number of likely N-dealkylation sites (tertiary alicyclic amines) is 1. The SMILES string of the molecule is NC(=O)C1CCCN1C1CCN(c2c(Br)cncc2[N+](=O)[O-])CC1. The van der Waals surface area contributed by atoms with Crippen LogP contribution < -0.4 is 10.6 Å². The molecule has 2 aliphatic heterocycles. The number of rotatable bonds is 4. The van der Waals surface area contributed by atoms with E-state index in [0.29, 0.717) is 29.3 Å². The third-order valence-corrected chi connectivity index (χ3v) is 5.50. The molecule has 0 bridgehead atoms. The fraction of sp³-hybridized carbons (Fsp3) is 0.600. The molecule has 8 nitrogen and oxygen atoms in total. The lowest BCUT2D eigenvalue weighted by Gasteiger charge is -2.39. The van der Waals surface area contributed by atoms with Crippen molar-refractivity contribution in [1.29, 1.82) is 0 Å². The summed E-state index contributed by atoms with van der Waals surface area (Å²) in [5.74, 6) is -0.248. The van der Waals surface area contributed by atoms with Gasteiger partial charge in [0, 0.05) is 25.3 Å². The number of carbonyl (C=O) groups is 1. The summed E-state index contributed by atoms with van der Waals surface area (Å²) >= 11 is 3.38. The number of carbonyl (C=O) groups excluding carboxylic acids is 1. The van der Waals surface area contributed by atoms with Gasteiger partial charge in [-0.3, -0.25) is 24.8 Å². The van der Waals surface area contributed by atoms with E-state index in [2.05, 4.69) is 25.8 Å². The Morgan fingerprint density at radius 3 is 2.62 bits per heavy atom. The molecule has 1 aromatic heterocycles. The van der Waals surface area contributed by atoms with E-state index in [1.165, 1.54) is 6.20 Å². The summed E-state index contributed by atoms with van der Waals surface area (Å²) < 4.78 is 0.631. The summed E-state index contributed by atoms with van der Waals surface area (Å²) in [5, 5.41) is 11.3. The minimum Gasteiger partial charge on any atom is -0.368 e. The Morgan fingerprint density at radius 1 is 1.29 bits per heavy atom. The average Bonchev–Trinajstić information content (AvgIpc) is 3.04. The number of nitro groups is 1. The lowest BCUT2D eigenvalue weighted by molar-refractivity contribution is -0.384. The van der Waals surface area contributed by atoms with Gasteiger partial charge in [0.15, 0.2) is 0 Å². The molecule has 0 aliphatic carbocycles. The van der Waals surface area contributed by atoms with Crippen molar-refractivity contribution in [1.82, 2.24) is 9.88 Å². The van der Waals surface area contributed by atoms with Crippen molar-refractivity contribution in [2.24, 2.45) is 5.73 Å². The zero-order valence-electron chi connectivity index (χ0n) is 13.2. The Balaban J connectivity index is 1.72. The maximum Gasteiger partial charge on any atom is 0.311 e. The number of piperidine rings is 1. The smallest absolute Gasteiger partial charge is 0.311 e. The molecule has 24 heavy (non-hydrogen) atoms. The van der Waals surface area contributed by atoms with E-state index in [-0.39, 0.29) is 17.6 Å². The van der Waals surface area contributed by atoms with E-state index >= 15 is 0 Å². The van der Waals surface area contributed by atoms with E-state index in [1.54, 1.807) is 6.20 Å². The molecule has 9 heteroatoms. The number of hydrogen-bond acceptors (Lipinski definition) is 6. The van der Waals surface area contributed by atoms with Crippen LogP contribution in [0.25, 0.3) is 0 Å². The van der Waals surface area contributed by atoms with Crippen molar-refractivity contribution < 1.29 is 9.72 Å². The Kier molecular flexibility index (Phi) is 5.00. The van der Waals surface area contributed by atoms with Gasteiger partial charge in [-0.2, -0.15) is 0 Å². The van der Waals surface area contributed by atoms with Crippen LogP contribution >= 0.6 is 15.9 Å². The summed E-state index contributed by atoms with van der Waals surface area (Å²) in [6, 6.07) is 0.143. The van der Waals surface area contributed by atoms with Crippen molar-refractivity contribution in [3.8, 4) is 0 Å². The van der Waals surface area contributed by atoms with Gasteiger partial charge in [-0.25, -0.2) is 0 Å². The van der Waals surface area contributed by atoms with Gasteiger partial charge in [0.05, 0.1) is 15.4 Å². The molecule has 0 saturated carbocycles. The normalized spacial score (nSPS) is 22.7. The first-order chi connectivity index (χ1) is 11.5. The molecular formula is C15H20BrN5O3. The lowest BCUT2D eigenvalue weighted by Crippen LogP contribution is -2.50. The molecule has 0 aromatic carbocycles. The molecule has 0 radical (unpaired) electrons. The number of primary amides is 1. The molecule has 2 fully saturated rings. The van der Waals surface area contributed by atoms with Gasteiger partial charge in [-0.05, 0) is 48.2 Å². The Labute approximate surface area is 148 Å². The van der Waals surface area contributed by atoms with Crippen LogP contribution in [0, 0.1) is 10.1 Å². The average molecular weight is 398 g/mol. The monoisotopic (exact) mass is 397 g/mol. The van der Waals surface area contributed by atoms with E-state index in [0.717, 1.165) is 32.2 Å². The van der Waals surface area contributed by atoms with Crippen LogP contribution in [0.4, 0.5) is 11.4 Å². The van der Waals surface area contributed by atoms with Gasteiger partial charge >= 0.3 is 5.69 Å². The van der Waals surface area contributed by atoms with Crippen LogP contribution in [0.5, 0.6) is 0 Å². The van der Waals surface area contributed by atoms with Crippen LogP contribution in [0.2, 0.25) is 0 Å². The van der Waals surface area contributed by atoms with Crippen molar-refractivity contribution in [2.75, 3.05) is 24.5 Å². The first-order valence-electron chi connectivity index (χ1n) is 8.07. The Hall–Kier alpha value is -1.74. The van der Waals surface area contributed by atoms with Gasteiger partial charge in [0.1, 0.15) is 11.9 Å². The molecule has 130 valence electrons. The topological polar surface area (TPSA) is 106 Å². The summed E-state index contributed by atoms with van der Waals surface area (Å²) in [6.07, 6.45) is 6.41. The van der Waals surface area contributed by atoms with Gasteiger partial charge in [-0.15, -0.1) is 0 Å². The van der Waals surface area contributed by atoms with Crippen LogP contribution in [0.15, 0.2) is 16.9 Å². The highest BCUT2D eigenvalue weighted by Gasteiger charge is 2.36. The first-order valence-corrected chi connectivity index (χ1v) is 8.86. The quantitative estimate of drug-likeness (QED) is 0.611. The molecule has 3 rings (SSSR count). The highest BCUT2D eigenvalue weighted by atomic mass is 79.9. The molecular weight excluding hydrogens is 378 g/mol. The van der Waals surface area contributed by atoms with E-state index in [1.807, 2.05) is 4.90 Å². The zero-order chi connectivity index (χ0) is 17.3. The second-order valence-corrected chi connectivity index (χ2v) is 7.12. The third-order valence-electron chi connectivity index (χ3n) is 4.92. The highest BCUT2D eigenvalue weighted by molar-refractivity contribution is 9.10. The largest absolute Gasteiger partial charge is 0.368 e. The standard InChI is InChI=1S/C15H20BrN5O3/c16-11-8-18-9-13(21(23)24)14(11)19-6-3-10(4-7-19)20-5-1-2-12(20)15(17)22/h8-10,12H,1-7H2,(H2,17,22). The van der Waals surface area contributed by atoms with E-state index < -0.39 is 4.92 Å². The maximum absolute atomic E-state index is 11.6. The molecule has 2 aliphatic rings. The molecule has 2 saturated heterocycles. The van der Waals surface area contributed by atoms with Gasteiger partial charge in [0.25, 0.3) is 0 Å². The first kappa shape index (κ1) is 17.1. The molecule has 3 heterocycles. The third kappa shape index (κ3) is 3.23. The van der Waals surface area contributed by atoms with Gasteiger partial charge in [0.2, 0.25) is 5.91 Å². The number of amides is 1. The lowest BCUT2D eigenvalue weighted by atomic mass is 10.0. The minimum atomic E-state index is -0.400. The number of halogens is 1. The van der Waals surface area contributed by atoms with Crippen LogP contribution in [-0.2, 0) is 4.79 Å². The maximum atomic E-state index is 11.6. The molecule has 0 spiro atoms. The van der Waals surface area contributed by atoms with Crippen molar-refractivity contribution in [2.45, 2.75) is 37.8 Å². The molecule has 1 unspecified atom stereocenters. The number of hydrogen-bond donors (Lipinski definition) is 1. The molecule has 2 N–H and O–H groups in total. The summed E-state index contributed by atoms with van der Waals surface area (Å²) in [5.41, 5.74) is 6.10. The Morgan fingerprint density at radius 2 is 2.00 bits per heavy atom. The number of nitrogens with zero attached hydrogens (tertiary/aromatic N) is 4. The van der Waals surface area contributed by atoms with Crippen molar-refractivity contribution in [3.63, 3.8) is 0 Å². The van der Waals surface area contributed by atoms with Crippen molar-refractivity contribution in [3.05, 3.63) is 27.0 Å². The summed E-state index contributed by atoms with van der Waals surface area (Å²) in [7, 11) is 0. The number of aromatic nitrogens is 1. The van der Waals surface area contributed by atoms with Crippen LogP contribution in [-0.4, -0.2) is 52.4 Å². The minimum absolute atomic E-state index is 0.0130. The van der Waals surface area contributed by atoms with E-state index in [4.69, 9.17) is 5.73 Å². The van der Waals surface area contributed by atoms with E-state index in [9.17, 15) is 14.9 Å². The summed E-state index contributed by atoms with van der Waals surface area (Å²) in [6.45, 7) is 2.31. The second kappa shape index (κ2) is 7.02. The fourth-order valence-corrected chi connectivity index (χ4v) is 4.39.